The fourth-order valence-corrected chi connectivity index (χ4v) is 1.74. The topological polar surface area (TPSA) is 55.1 Å². The number of hydrogen-bond acceptors (Lipinski definition) is 2. The molecule has 20 heavy (non-hydrogen) atoms. The number of rotatable bonds is 2. The average molecular weight is 276 g/mol. The lowest BCUT2D eigenvalue weighted by Crippen LogP contribution is -2.14. The van der Waals surface area contributed by atoms with Crippen LogP contribution in [-0.4, -0.2) is 5.91 Å². The number of benzene rings is 2. The summed E-state index contributed by atoms with van der Waals surface area (Å²) in [7, 11) is 0. The first-order valence-corrected chi connectivity index (χ1v) is 6.01. The number of aryl methyl sites for hydroxylation is 2. The van der Waals surface area contributed by atoms with E-state index in [-0.39, 0.29) is 11.4 Å². The lowest BCUT2D eigenvalue weighted by molar-refractivity contribution is 0.102. The normalized spacial score (nSPS) is 10.4. The minimum Gasteiger partial charge on any atom is -0.396 e. The van der Waals surface area contributed by atoms with Crippen LogP contribution in [0, 0.1) is 25.5 Å². The van der Waals surface area contributed by atoms with Crippen LogP contribution in [0.2, 0.25) is 0 Å². The van der Waals surface area contributed by atoms with Crippen molar-refractivity contribution in [3.63, 3.8) is 0 Å². The summed E-state index contributed by atoms with van der Waals surface area (Å²) in [6.45, 7) is 3.81. The predicted octanol–water partition coefficient (Wildman–Crippen LogP) is 3.42. The number of halogens is 2. The van der Waals surface area contributed by atoms with E-state index in [2.05, 4.69) is 5.32 Å². The molecule has 0 saturated carbocycles. The van der Waals surface area contributed by atoms with Crippen molar-refractivity contribution in [1.82, 2.24) is 0 Å². The zero-order valence-corrected chi connectivity index (χ0v) is 11.1. The lowest BCUT2D eigenvalue weighted by atomic mass is 10.1. The van der Waals surface area contributed by atoms with E-state index in [9.17, 15) is 13.6 Å². The third-order valence-corrected chi connectivity index (χ3v) is 3.10. The Morgan fingerprint density at radius 3 is 2.40 bits per heavy atom. The largest absolute Gasteiger partial charge is 0.396 e. The molecular formula is C15H14F2N2O. The fraction of sp³-hybridized carbons (Fsp3) is 0.133. The summed E-state index contributed by atoms with van der Waals surface area (Å²) in [6.07, 6.45) is 0. The second kappa shape index (κ2) is 5.28. The summed E-state index contributed by atoms with van der Waals surface area (Å²) in [5.41, 5.74) is 7.40. The van der Waals surface area contributed by atoms with Crippen LogP contribution in [0.4, 0.5) is 20.2 Å². The molecule has 3 N–H and O–H groups in total. The van der Waals surface area contributed by atoms with Gasteiger partial charge in [-0.1, -0.05) is 6.07 Å². The quantitative estimate of drug-likeness (QED) is 0.826. The second-order valence-corrected chi connectivity index (χ2v) is 4.61. The van der Waals surface area contributed by atoms with Crippen molar-refractivity contribution in [3.05, 3.63) is 58.7 Å². The van der Waals surface area contributed by atoms with Crippen LogP contribution in [0.1, 0.15) is 21.5 Å². The van der Waals surface area contributed by atoms with E-state index < -0.39 is 17.5 Å². The molecule has 0 bridgehead atoms. The van der Waals surface area contributed by atoms with Crippen molar-refractivity contribution in [1.29, 1.82) is 0 Å². The Morgan fingerprint density at radius 2 is 1.75 bits per heavy atom. The molecule has 0 unspecified atom stereocenters. The third kappa shape index (κ3) is 2.77. The number of nitrogens with one attached hydrogen (secondary N) is 1. The zero-order valence-electron chi connectivity index (χ0n) is 11.1. The van der Waals surface area contributed by atoms with Crippen LogP contribution in [0.3, 0.4) is 0 Å². The molecule has 0 fully saturated rings. The molecule has 0 heterocycles. The Kier molecular flexibility index (Phi) is 3.70. The monoisotopic (exact) mass is 276 g/mol. The van der Waals surface area contributed by atoms with E-state index in [0.29, 0.717) is 11.6 Å². The Morgan fingerprint density at radius 1 is 1.05 bits per heavy atom. The molecule has 2 aromatic carbocycles. The molecule has 0 atom stereocenters. The van der Waals surface area contributed by atoms with Crippen LogP contribution in [0.25, 0.3) is 0 Å². The van der Waals surface area contributed by atoms with Gasteiger partial charge in [0.1, 0.15) is 11.6 Å². The lowest BCUT2D eigenvalue weighted by Gasteiger charge is -2.09. The minimum absolute atomic E-state index is 0.146. The molecule has 0 aromatic heterocycles. The summed E-state index contributed by atoms with van der Waals surface area (Å²) < 4.78 is 26.6. The molecule has 104 valence electrons. The second-order valence-electron chi connectivity index (χ2n) is 4.61. The Hall–Kier alpha value is -2.43. The summed E-state index contributed by atoms with van der Waals surface area (Å²) in [5, 5.41) is 2.38. The van der Waals surface area contributed by atoms with Gasteiger partial charge in [0.25, 0.3) is 5.91 Å². The molecule has 2 aromatic rings. The van der Waals surface area contributed by atoms with Gasteiger partial charge in [0.15, 0.2) is 0 Å². The van der Waals surface area contributed by atoms with E-state index in [0.717, 1.165) is 17.2 Å². The van der Waals surface area contributed by atoms with Gasteiger partial charge in [-0.2, -0.15) is 0 Å². The van der Waals surface area contributed by atoms with Crippen molar-refractivity contribution in [2.45, 2.75) is 13.8 Å². The molecule has 0 aliphatic heterocycles. The number of carbonyl (C=O) groups excluding carboxylic acids is 1. The maximum absolute atomic E-state index is 13.5. The van der Waals surface area contributed by atoms with Gasteiger partial charge >= 0.3 is 0 Å². The first-order chi connectivity index (χ1) is 9.38. The van der Waals surface area contributed by atoms with Gasteiger partial charge < -0.3 is 11.1 Å². The van der Waals surface area contributed by atoms with E-state index in [1.54, 1.807) is 18.2 Å². The van der Waals surface area contributed by atoms with Crippen molar-refractivity contribution in [2.75, 3.05) is 11.1 Å². The molecule has 1 amide bonds. The van der Waals surface area contributed by atoms with Gasteiger partial charge in [0.05, 0.1) is 11.4 Å². The molecule has 0 saturated heterocycles. The van der Waals surface area contributed by atoms with Crippen LogP contribution in [-0.2, 0) is 0 Å². The van der Waals surface area contributed by atoms with Crippen LogP contribution in [0.5, 0.6) is 0 Å². The van der Waals surface area contributed by atoms with Gasteiger partial charge in [-0.3, -0.25) is 4.79 Å². The van der Waals surface area contributed by atoms with Gasteiger partial charge in [0, 0.05) is 11.6 Å². The smallest absolute Gasteiger partial charge is 0.255 e. The minimum atomic E-state index is -0.867. The highest BCUT2D eigenvalue weighted by molar-refractivity contribution is 6.04. The predicted molar refractivity (Wildman–Crippen MR) is 74.6 cm³/mol. The molecule has 0 spiro atoms. The van der Waals surface area contributed by atoms with E-state index in [1.165, 1.54) is 0 Å². The summed E-state index contributed by atoms with van der Waals surface area (Å²) in [4.78, 5) is 12.0. The molecule has 2 rings (SSSR count). The fourth-order valence-electron chi connectivity index (χ4n) is 1.74. The first-order valence-electron chi connectivity index (χ1n) is 6.01. The first kappa shape index (κ1) is 14.0. The summed E-state index contributed by atoms with van der Waals surface area (Å²) in [5.74, 6) is -2.20. The number of nitrogen functional groups attached to an aromatic ring is 1. The maximum Gasteiger partial charge on any atom is 0.255 e. The Labute approximate surface area is 115 Å². The van der Waals surface area contributed by atoms with Crippen LogP contribution < -0.4 is 11.1 Å². The Balaban J connectivity index is 2.27. The highest BCUT2D eigenvalue weighted by Crippen LogP contribution is 2.22. The molecule has 0 aliphatic rings. The molecule has 3 nitrogen and oxygen atoms in total. The standard InChI is InChI=1S/C15H14F2N2O/c1-8-3-4-10(5-9(8)2)15(20)19-14-7-13(18)11(16)6-12(14)17/h3-7H,18H2,1-2H3,(H,19,20). The van der Waals surface area contributed by atoms with Gasteiger partial charge in [0.2, 0.25) is 0 Å². The third-order valence-electron chi connectivity index (χ3n) is 3.10. The number of nitrogens with two attached hydrogens (primary N) is 1. The van der Waals surface area contributed by atoms with Gasteiger partial charge in [-0.15, -0.1) is 0 Å². The number of carbonyl (C=O) groups is 1. The number of amides is 1. The molecule has 0 aliphatic carbocycles. The zero-order chi connectivity index (χ0) is 14.9. The summed E-state index contributed by atoms with van der Waals surface area (Å²) >= 11 is 0. The van der Waals surface area contributed by atoms with Crippen molar-refractivity contribution >= 4 is 17.3 Å². The molecular weight excluding hydrogens is 262 g/mol. The SMILES string of the molecule is Cc1ccc(C(=O)Nc2cc(N)c(F)cc2F)cc1C. The summed E-state index contributed by atoms with van der Waals surface area (Å²) in [6, 6.07) is 6.85. The average Bonchev–Trinajstić information content (AvgIpc) is 2.39. The van der Waals surface area contributed by atoms with E-state index in [1.807, 2.05) is 13.8 Å². The van der Waals surface area contributed by atoms with Crippen LogP contribution >= 0.6 is 0 Å². The molecule has 0 radical (unpaired) electrons. The highest BCUT2D eigenvalue weighted by Gasteiger charge is 2.12. The maximum atomic E-state index is 13.5. The number of anilines is 2. The number of hydrogen-bond donors (Lipinski definition) is 2. The Bertz CT molecular complexity index is 684. The van der Waals surface area contributed by atoms with E-state index >= 15 is 0 Å². The van der Waals surface area contributed by atoms with Gasteiger partial charge in [-0.25, -0.2) is 8.78 Å². The van der Waals surface area contributed by atoms with Gasteiger partial charge in [-0.05, 0) is 43.2 Å². The van der Waals surface area contributed by atoms with Crippen LogP contribution in [0.15, 0.2) is 30.3 Å². The van der Waals surface area contributed by atoms with Crippen molar-refractivity contribution in [3.8, 4) is 0 Å². The highest BCUT2D eigenvalue weighted by atomic mass is 19.1. The van der Waals surface area contributed by atoms with Crippen molar-refractivity contribution in [2.24, 2.45) is 0 Å². The van der Waals surface area contributed by atoms with E-state index in [4.69, 9.17) is 5.73 Å². The van der Waals surface area contributed by atoms with Crippen molar-refractivity contribution < 1.29 is 13.6 Å². The molecule has 5 heteroatoms.